The van der Waals surface area contributed by atoms with E-state index >= 15 is 0 Å². The zero-order valence-electron chi connectivity index (χ0n) is 18.6. The van der Waals surface area contributed by atoms with Crippen LogP contribution in [-0.4, -0.2) is 48.9 Å². The van der Waals surface area contributed by atoms with Crippen LogP contribution < -0.4 is 9.47 Å². The number of likely N-dealkylation sites (tertiary alicyclic amines) is 1. The Bertz CT molecular complexity index is 840. The van der Waals surface area contributed by atoms with Crippen molar-refractivity contribution in [3.05, 3.63) is 53.9 Å². The number of pyridine rings is 1. The van der Waals surface area contributed by atoms with Crippen molar-refractivity contribution in [1.82, 2.24) is 9.88 Å². The number of nitrogens with zero attached hydrogens (tertiary/aromatic N) is 2. The average molecular weight is 413 g/mol. The van der Waals surface area contributed by atoms with E-state index in [4.69, 9.17) is 14.2 Å². The molecule has 1 fully saturated rings. The summed E-state index contributed by atoms with van der Waals surface area (Å²) in [6.45, 7) is 7.07. The van der Waals surface area contributed by atoms with E-state index in [2.05, 4.69) is 29.2 Å². The minimum atomic E-state index is -0.479. The summed E-state index contributed by atoms with van der Waals surface area (Å²) in [5, 5.41) is 0. The highest BCUT2D eigenvalue weighted by Crippen LogP contribution is 2.41. The van der Waals surface area contributed by atoms with Crippen molar-refractivity contribution >= 4 is 6.09 Å². The molecule has 0 aliphatic carbocycles. The number of piperidine rings is 1. The lowest BCUT2D eigenvalue weighted by molar-refractivity contribution is 0.0178. The van der Waals surface area contributed by atoms with Crippen LogP contribution in [0.2, 0.25) is 0 Å². The molecule has 2 heterocycles. The van der Waals surface area contributed by atoms with Crippen molar-refractivity contribution in [1.29, 1.82) is 0 Å². The number of aromatic nitrogens is 1. The summed E-state index contributed by atoms with van der Waals surface area (Å²) in [4.78, 5) is 18.5. The van der Waals surface area contributed by atoms with Crippen LogP contribution in [0.1, 0.15) is 50.7 Å². The van der Waals surface area contributed by atoms with Gasteiger partial charge in [0.2, 0.25) is 0 Å². The lowest BCUT2D eigenvalue weighted by Gasteiger charge is -2.37. The molecule has 1 aliphatic heterocycles. The molecule has 3 rings (SSSR count). The van der Waals surface area contributed by atoms with Crippen molar-refractivity contribution in [2.24, 2.45) is 5.92 Å². The molecule has 0 saturated carbocycles. The van der Waals surface area contributed by atoms with E-state index in [9.17, 15) is 4.79 Å². The number of ether oxygens (including phenoxy) is 3. The van der Waals surface area contributed by atoms with Gasteiger partial charge in [-0.1, -0.05) is 6.07 Å². The number of hydrogen-bond acceptors (Lipinski definition) is 5. The molecular weight excluding hydrogens is 380 g/mol. The topological polar surface area (TPSA) is 60.9 Å². The van der Waals surface area contributed by atoms with E-state index < -0.39 is 5.60 Å². The zero-order chi connectivity index (χ0) is 21.7. The summed E-state index contributed by atoms with van der Waals surface area (Å²) in [5.41, 5.74) is 1.91. The van der Waals surface area contributed by atoms with E-state index in [1.54, 1.807) is 14.2 Å². The first-order valence-electron chi connectivity index (χ1n) is 10.4. The first-order valence-corrected chi connectivity index (χ1v) is 10.4. The fourth-order valence-electron chi connectivity index (χ4n) is 4.10. The van der Waals surface area contributed by atoms with Crippen molar-refractivity contribution in [3.8, 4) is 11.5 Å². The second-order valence-corrected chi connectivity index (χ2v) is 8.68. The summed E-state index contributed by atoms with van der Waals surface area (Å²) < 4.78 is 16.5. The minimum Gasteiger partial charge on any atom is -0.493 e. The molecule has 1 amide bonds. The SMILES string of the molecule is COc1ccc(C(c2ccncc2)C2CCN(C(=O)OC(C)(C)C)CC2)cc1OC. The number of rotatable bonds is 5. The maximum atomic E-state index is 12.4. The van der Waals surface area contributed by atoms with Gasteiger partial charge in [0.05, 0.1) is 14.2 Å². The number of carbonyl (C=O) groups is 1. The van der Waals surface area contributed by atoms with Gasteiger partial charge >= 0.3 is 6.09 Å². The zero-order valence-corrected chi connectivity index (χ0v) is 18.6. The van der Waals surface area contributed by atoms with Gasteiger partial charge < -0.3 is 19.1 Å². The Kier molecular flexibility index (Phi) is 6.85. The van der Waals surface area contributed by atoms with Crippen LogP contribution in [0.4, 0.5) is 4.79 Å². The van der Waals surface area contributed by atoms with Crippen LogP contribution in [-0.2, 0) is 4.74 Å². The summed E-state index contributed by atoms with van der Waals surface area (Å²) in [7, 11) is 3.30. The highest BCUT2D eigenvalue weighted by Gasteiger charge is 2.32. The minimum absolute atomic E-state index is 0.189. The van der Waals surface area contributed by atoms with Crippen molar-refractivity contribution < 1.29 is 19.0 Å². The molecule has 1 unspecified atom stereocenters. The molecule has 162 valence electrons. The summed E-state index contributed by atoms with van der Waals surface area (Å²) in [6, 6.07) is 10.3. The molecule has 1 aromatic carbocycles. The van der Waals surface area contributed by atoms with Crippen molar-refractivity contribution in [2.75, 3.05) is 27.3 Å². The second kappa shape index (κ2) is 9.37. The Morgan fingerprint density at radius 2 is 1.63 bits per heavy atom. The number of benzene rings is 1. The molecule has 1 aliphatic rings. The molecule has 0 radical (unpaired) electrons. The van der Waals surface area contributed by atoms with Crippen LogP contribution in [0.3, 0.4) is 0 Å². The van der Waals surface area contributed by atoms with Gasteiger partial charge in [0.1, 0.15) is 5.60 Å². The normalized spacial score (nSPS) is 16.1. The lowest BCUT2D eigenvalue weighted by atomic mass is 9.76. The van der Waals surface area contributed by atoms with Crippen LogP contribution in [0.5, 0.6) is 11.5 Å². The Labute approximate surface area is 179 Å². The van der Waals surface area contributed by atoms with Gasteiger partial charge in [0, 0.05) is 31.4 Å². The molecule has 1 atom stereocenters. The quantitative estimate of drug-likeness (QED) is 0.701. The van der Waals surface area contributed by atoms with E-state index in [-0.39, 0.29) is 12.0 Å². The predicted molar refractivity (Wildman–Crippen MR) is 116 cm³/mol. The molecular formula is C24H32N2O4. The third-order valence-corrected chi connectivity index (χ3v) is 5.49. The third-order valence-electron chi connectivity index (χ3n) is 5.49. The van der Waals surface area contributed by atoms with E-state index in [1.165, 1.54) is 11.1 Å². The second-order valence-electron chi connectivity index (χ2n) is 8.68. The van der Waals surface area contributed by atoms with Crippen LogP contribution in [0.15, 0.2) is 42.7 Å². The Morgan fingerprint density at radius 3 is 2.20 bits per heavy atom. The van der Waals surface area contributed by atoms with Gasteiger partial charge in [0.15, 0.2) is 11.5 Å². The van der Waals surface area contributed by atoms with Gasteiger partial charge in [-0.25, -0.2) is 4.79 Å². The van der Waals surface area contributed by atoms with Crippen LogP contribution in [0, 0.1) is 5.92 Å². The number of methoxy groups -OCH3 is 2. The molecule has 1 aromatic heterocycles. The molecule has 1 saturated heterocycles. The number of amides is 1. The molecule has 6 nitrogen and oxygen atoms in total. The van der Waals surface area contributed by atoms with Gasteiger partial charge in [-0.05, 0) is 74.9 Å². The molecule has 0 spiro atoms. The highest BCUT2D eigenvalue weighted by molar-refractivity contribution is 5.68. The first-order chi connectivity index (χ1) is 14.3. The van der Waals surface area contributed by atoms with E-state index in [0.717, 1.165) is 24.3 Å². The number of carbonyl (C=O) groups excluding carboxylic acids is 1. The van der Waals surface area contributed by atoms with E-state index in [0.29, 0.717) is 19.0 Å². The molecule has 30 heavy (non-hydrogen) atoms. The van der Waals surface area contributed by atoms with Crippen LogP contribution in [0.25, 0.3) is 0 Å². The fourth-order valence-corrected chi connectivity index (χ4v) is 4.10. The maximum Gasteiger partial charge on any atom is 0.410 e. The maximum absolute atomic E-state index is 12.4. The third kappa shape index (κ3) is 5.23. The average Bonchev–Trinajstić information content (AvgIpc) is 2.74. The summed E-state index contributed by atoms with van der Waals surface area (Å²) in [5.74, 6) is 2.02. The standard InChI is InChI=1S/C24H32N2O4/c1-24(2,3)30-23(27)26-14-10-18(11-15-26)22(17-8-12-25-13-9-17)19-6-7-20(28-4)21(16-19)29-5/h6-9,12-13,16,18,22H,10-11,14-15H2,1-5H3. The largest absolute Gasteiger partial charge is 0.493 e. The molecule has 2 aromatic rings. The van der Waals surface area contributed by atoms with Gasteiger partial charge in [0.25, 0.3) is 0 Å². The molecule has 0 bridgehead atoms. The van der Waals surface area contributed by atoms with Gasteiger partial charge in [-0.3, -0.25) is 4.98 Å². The van der Waals surface area contributed by atoms with Crippen molar-refractivity contribution in [3.63, 3.8) is 0 Å². The predicted octanol–water partition coefficient (Wildman–Crippen LogP) is 4.88. The first kappa shape index (κ1) is 21.9. The van der Waals surface area contributed by atoms with Gasteiger partial charge in [-0.2, -0.15) is 0 Å². The Hall–Kier alpha value is -2.76. The summed E-state index contributed by atoms with van der Waals surface area (Å²) >= 11 is 0. The lowest BCUT2D eigenvalue weighted by Crippen LogP contribution is -2.42. The van der Waals surface area contributed by atoms with E-state index in [1.807, 2.05) is 44.1 Å². The van der Waals surface area contributed by atoms with Crippen molar-refractivity contribution in [2.45, 2.75) is 45.1 Å². The van der Waals surface area contributed by atoms with Gasteiger partial charge in [-0.15, -0.1) is 0 Å². The smallest absolute Gasteiger partial charge is 0.410 e. The molecule has 0 N–H and O–H groups in total. The highest BCUT2D eigenvalue weighted by atomic mass is 16.6. The Morgan fingerprint density at radius 1 is 1.00 bits per heavy atom. The fraction of sp³-hybridized carbons (Fsp3) is 0.500. The molecule has 6 heteroatoms. The van der Waals surface area contributed by atoms with Crippen LogP contribution >= 0.6 is 0 Å². The number of hydrogen-bond donors (Lipinski definition) is 0. The monoisotopic (exact) mass is 412 g/mol. The summed E-state index contributed by atoms with van der Waals surface area (Å²) in [6.07, 6.45) is 5.24. The Balaban J connectivity index is 1.83.